The summed E-state index contributed by atoms with van der Waals surface area (Å²) >= 11 is 0. The van der Waals surface area contributed by atoms with Crippen LogP contribution in [0, 0.1) is 0 Å². The smallest absolute Gasteiger partial charge is 0.272 e. The summed E-state index contributed by atoms with van der Waals surface area (Å²) in [5.74, 6) is -0.106. The number of carbonyl (C=O) groups excluding carboxylic acids is 1. The van der Waals surface area contributed by atoms with Crippen LogP contribution in [0.2, 0.25) is 0 Å². The van der Waals surface area contributed by atoms with E-state index in [1.54, 1.807) is 0 Å². The van der Waals surface area contributed by atoms with Crippen molar-refractivity contribution in [1.29, 1.82) is 0 Å². The van der Waals surface area contributed by atoms with E-state index in [-0.39, 0.29) is 18.3 Å². The van der Waals surface area contributed by atoms with Crippen LogP contribution in [-0.2, 0) is 6.54 Å². The van der Waals surface area contributed by atoms with E-state index >= 15 is 0 Å². The van der Waals surface area contributed by atoms with Crippen LogP contribution in [0.3, 0.4) is 0 Å². The number of piperidine rings is 2. The molecule has 6 nitrogen and oxygen atoms in total. The van der Waals surface area contributed by atoms with Crippen LogP contribution in [0.1, 0.15) is 54.2 Å². The van der Waals surface area contributed by atoms with Crippen LogP contribution in [-0.4, -0.2) is 41.9 Å². The second kappa shape index (κ2) is 9.94. The summed E-state index contributed by atoms with van der Waals surface area (Å²) in [6.07, 6.45) is 7.99. The number of halogens is 1. The fourth-order valence-corrected chi connectivity index (χ4v) is 4.09. The Kier molecular flexibility index (Phi) is 7.34. The van der Waals surface area contributed by atoms with E-state index in [0.717, 1.165) is 39.0 Å². The zero-order valence-electron chi connectivity index (χ0n) is 16.3. The molecule has 1 aromatic heterocycles. The number of nitrogens with one attached hydrogen (secondary N) is 2. The number of hydrogen-bond donors (Lipinski definition) is 2. The van der Waals surface area contributed by atoms with E-state index in [4.69, 9.17) is 0 Å². The molecule has 1 unspecified atom stereocenters. The van der Waals surface area contributed by atoms with Crippen LogP contribution in [0.15, 0.2) is 36.5 Å². The molecular weight excluding hydrogens is 374 g/mol. The quantitative estimate of drug-likeness (QED) is 0.805. The maximum atomic E-state index is 12.6. The average Bonchev–Trinajstić information content (AvgIpc) is 3.24. The molecule has 2 N–H and O–H groups in total. The summed E-state index contributed by atoms with van der Waals surface area (Å²) in [7, 11) is 0. The molecule has 0 spiro atoms. The highest BCUT2D eigenvalue weighted by atomic mass is 35.5. The van der Waals surface area contributed by atoms with Gasteiger partial charge >= 0.3 is 0 Å². The van der Waals surface area contributed by atoms with E-state index in [1.165, 1.54) is 30.5 Å². The van der Waals surface area contributed by atoms with E-state index in [9.17, 15) is 4.79 Å². The highest BCUT2D eigenvalue weighted by molar-refractivity contribution is 5.92. The molecule has 1 aromatic carbocycles. The van der Waals surface area contributed by atoms with Crippen molar-refractivity contribution >= 4 is 24.0 Å². The number of anilines is 1. The van der Waals surface area contributed by atoms with Crippen LogP contribution in [0.4, 0.5) is 5.69 Å². The molecule has 152 valence electrons. The van der Waals surface area contributed by atoms with Crippen molar-refractivity contribution in [2.75, 3.05) is 31.1 Å². The van der Waals surface area contributed by atoms with E-state index in [2.05, 4.69) is 38.8 Å². The number of aromatic nitrogens is 2. The monoisotopic (exact) mass is 403 g/mol. The number of amides is 1. The molecule has 1 amide bonds. The van der Waals surface area contributed by atoms with Crippen molar-refractivity contribution in [2.45, 2.75) is 44.7 Å². The Bertz CT molecular complexity index is 766. The molecule has 7 heteroatoms. The number of nitrogens with zero attached hydrogens (tertiary/aromatic N) is 3. The lowest BCUT2D eigenvalue weighted by molar-refractivity contribution is 0.0944. The summed E-state index contributed by atoms with van der Waals surface area (Å²) in [5, 5.41) is 11.0. The Hall–Kier alpha value is -2.05. The molecule has 1 atom stereocenters. The Balaban J connectivity index is 0.00000225. The maximum Gasteiger partial charge on any atom is 0.272 e. The average molecular weight is 404 g/mol. The van der Waals surface area contributed by atoms with Gasteiger partial charge in [-0.25, -0.2) is 0 Å². The predicted octanol–water partition coefficient (Wildman–Crippen LogP) is 3.15. The molecule has 28 heavy (non-hydrogen) atoms. The molecule has 2 aliphatic heterocycles. The van der Waals surface area contributed by atoms with Crippen molar-refractivity contribution < 1.29 is 4.79 Å². The van der Waals surface area contributed by atoms with Gasteiger partial charge in [0.15, 0.2) is 0 Å². The number of benzene rings is 1. The SMILES string of the molecule is Cl.O=C(NCc1ccccc1N1CCCCC1)c1ccn(C2CCCNC2)n1. The minimum Gasteiger partial charge on any atom is -0.371 e. The van der Waals surface area contributed by atoms with Gasteiger partial charge in [-0.3, -0.25) is 9.48 Å². The normalized spacial score (nSPS) is 19.7. The zero-order chi connectivity index (χ0) is 18.5. The predicted molar refractivity (Wildman–Crippen MR) is 114 cm³/mol. The van der Waals surface area contributed by atoms with Gasteiger partial charge in [0, 0.05) is 38.1 Å². The van der Waals surface area contributed by atoms with Gasteiger partial charge in [-0.15, -0.1) is 12.4 Å². The van der Waals surface area contributed by atoms with Crippen molar-refractivity contribution in [2.24, 2.45) is 0 Å². The molecule has 0 aliphatic carbocycles. The van der Waals surface area contributed by atoms with E-state index in [0.29, 0.717) is 18.3 Å². The molecule has 0 radical (unpaired) electrons. The van der Waals surface area contributed by atoms with Crippen LogP contribution in [0.25, 0.3) is 0 Å². The molecule has 2 saturated heterocycles. The molecule has 0 bridgehead atoms. The summed E-state index contributed by atoms with van der Waals surface area (Å²) in [6.45, 7) is 4.73. The van der Waals surface area contributed by atoms with E-state index in [1.807, 2.05) is 23.0 Å². The topological polar surface area (TPSA) is 62.2 Å². The minimum atomic E-state index is -0.106. The fraction of sp³-hybridized carbons (Fsp3) is 0.524. The molecule has 3 heterocycles. The van der Waals surface area contributed by atoms with Gasteiger partial charge in [0.05, 0.1) is 6.04 Å². The first-order valence-corrected chi connectivity index (χ1v) is 10.2. The third-order valence-electron chi connectivity index (χ3n) is 5.61. The molecule has 0 saturated carbocycles. The Morgan fingerprint density at radius 1 is 1.14 bits per heavy atom. The van der Waals surface area contributed by atoms with Crippen molar-refractivity contribution in [3.63, 3.8) is 0 Å². The van der Waals surface area contributed by atoms with Gasteiger partial charge in [-0.2, -0.15) is 5.10 Å². The number of rotatable bonds is 5. The van der Waals surface area contributed by atoms with Crippen molar-refractivity contribution in [1.82, 2.24) is 20.4 Å². The van der Waals surface area contributed by atoms with E-state index < -0.39 is 0 Å². The van der Waals surface area contributed by atoms with Crippen molar-refractivity contribution in [3.05, 3.63) is 47.8 Å². The summed E-state index contributed by atoms with van der Waals surface area (Å²) < 4.78 is 1.93. The standard InChI is InChI=1S/C21H29N5O.ClH/c27-21(19-10-14-26(24-19)18-8-6-11-22-16-18)23-15-17-7-2-3-9-20(17)25-12-4-1-5-13-25;/h2-3,7,9-10,14,18,22H,1,4-6,8,11-13,15-16H2,(H,23,27);1H. The Labute approximate surface area is 173 Å². The van der Waals surface area contributed by atoms with Gasteiger partial charge in [-0.1, -0.05) is 18.2 Å². The zero-order valence-corrected chi connectivity index (χ0v) is 17.1. The maximum absolute atomic E-state index is 12.6. The number of hydrogen-bond acceptors (Lipinski definition) is 4. The van der Waals surface area contributed by atoms with Gasteiger partial charge in [0.25, 0.3) is 5.91 Å². The van der Waals surface area contributed by atoms with Gasteiger partial charge in [0.1, 0.15) is 5.69 Å². The summed E-state index contributed by atoms with van der Waals surface area (Å²) in [4.78, 5) is 15.0. The van der Waals surface area contributed by atoms with Gasteiger partial charge < -0.3 is 15.5 Å². The Morgan fingerprint density at radius 3 is 2.75 bits per heavy atom. The third kappa shape index (κ3) is 4.86. The first-order valence-electron chi connectivity index (χ1n) is 10.2. The molecular formula is C21H30ClN5O. The third-order valence-corrected chi connectivity index (χ3v) is 5.61. The second-order valence-electron chi connectivity index (χ2n) is 7.54. The van der Waals surface area contributed by atoms with Gasteiger partial charge in [0.2, 0.25) is 0 Å². The fourth-order valence-electron chi connectivity index (χ4n) is 4.09. The molecule has 2 fully saturated rings. The van der Waals surface area contributed by atoms with Crippen molar-refractivity contribution in [3.8, 4) is 0 Å². The molecule has 2 aliphatic rings. The highest BCUT2D eigenvalue weighted by Gasteiger charge is 2.18. The number of carbonyl (C=O) groups is 1. The summed E-state index contributed by atoms with van der Waals surface area (Å²) in [6, 6.07) is 10.6. The lowest BCUT2D eigenvalue weighted by Gasteiger charge is -2.30. The first-order chi connectivity index (χ1) is 13.3. The lowest BCUT2D eigenvalue weighted by atomic mass is 10.1. The number of para-hydroxylation sites is 1. The van der Waals surface area contributed by atoms with Gasteiger partial charge in [-0.05, 0) is 56.3 Å². The summed E-state index contributed by atoms with van der Waals surface area (Å²) in [5.41, 5.74) is 2.91. The second-order valence-corrected chi connectivity index (χ2v) is 7.54. The minimum absolute atomic E-state index is 0. The van der Waals surface area contributed by atoms with Crippen LogP contribution in [0.5, 0.6) is 0 Å². The highest BCUT2D eigenvalue weighted by Crippen LogP contribution is 2.24. The van der Waals surface area contributed by atoms with Crippen LogP contribution >= 0.6 is 12.4 Å². The molecule has 4 rings (SSSR count). The molecule has 2 aromatic rings. The van der Waals surface area contributed by atoms with Crippen LogP contribution < -0.4 is 15.5 Å². The first kappa shape index (κ1) is 20.7. The Morgan fingerprint density at radius 2 is 1.96 bits per heavy atom. The largest absolute Gasteiger partial charge is 0.371 e. The lowest BCUT2D eigenvalue weighted by Crippen LogP contribution is -2.32.